The number of rotatable bonds is 6. The summed E-state index contributed by atoms with van der Waals surface area (Å²) in [6.07, 6.45) is 4.38. The van der Waals surface area contributed by atoms with Crippen LogP contribution in [0.2, 0.25) is 0 Å². The summed E-state index contributed by atoms with van der Waals surface area (Å²) in [5.41, 5.74) is -0.171. The molecule has 0 heterocycles. The lowest BCUT2D eigenvalue weighted by Gasteiger charge is -2.28. The zero-order valence-corrected chi connectivity index (χ0v) is 13.3. The van der Waals surface area contributed by atoms with Gasteiger partial charge in [-0.1, -0.05) is 19.8 Å². The minimum Gasteiger partial charge on any atom is -0.493 e. The van der Waals surface area contributed by atoms with Gasteiger partial charge in [0.25, 0.3) is 5.69 Å². The Morgan fingerprint density at radius 3 is 2.70 bits per heavy atom. The van der Waals surface area contributed by atoms with Crippen molar-refractivity contribution in [2.24, 2.45) is 5.92 Å². The first-order valence-corrected chi connectivity index (χ1v) is 7.66. The lowest BCUT2D eigenvalue weighted by Crippen LogP contribution is -2.29. The molecule has 0 radical (unpaired) electrons. The number of benzene rings is 1. The van der Waals surface area contributed by atoms with E-state index in [9.17, 15) is 14.9 Å². The van der Waals surface area contributed by atoms with Crippen molar-refractivity contribution in [3.05, 3.63) is 28.3 Å². The van der Waals surface area contributed by atoms with Crippen molar-refractivity contribution in [2.45, 2.75) is 38.7 Å². The highest BCUT2D eigenvalue weighted by Gasteiger charge is 2.23. The molecule has 2 rings (SSSR count). The Bertz CT molecular complexity index is 574. The van der Waals surface area contributed by atoms with Gasteiger partial charge in [0, 0.05) is 6.07 Å². The molecule has 0 aliphatic heterocycles. The second kappa shape index (κ2) is 7.92. The largest absolute Gasteiger partial charge is 0.493 e. The molecule has 0 N–H and O–H groups in total. The fraction of sp³-hybridized carbons (Fsp3) is 0.562. The van der Waals surface area contributed by atoms with Crippen molar-refractivity contribution in [1.29, 1.82) is 0 Å². The van der Waals surface area contributed by atoms with Crippen LogP contribution in [-0.2, 0) is 9.53 Å². The highest BCUT2D eigenvalue weighted by Crippen LogP contribution is 2.31. The van der Waals surface area contributed by atoms with Crippen LogP contribution >= 0.6 is 0 Å². The Labute approximate surface area is 134 Å². The van der Waals surface area contributed by atoms with E-state index in [0.29, 0.717) is 5.92 Å². The summed E-state index contributed by atoms with van der Waals surface area (Å²) in [6, 6.07) is 3.85. The van der Waals surface area contributed by atoms with Crippen LogP contribution in [0, 0.1) is 16.0 Å². The Morgan fingerprint density at radius 1 is 1.30 bits per heavy atom. The van der Waals surface area contributed by atoms with Gasteiger partial charge in [-0.15, -0.1) is 0 Å². The summed E-state index contributed by atoms with van der Waals surface area (Å²) in [6.45, 7) is 1.93. The maximum absolute atomic E-state index is 11.9. The molecule has 0 spiro atoms. The smallest absolute Gasteiger partial charge is 0.337 e. The van der Waals surface area contributed by atoms with E-state index in [4.69, 9.17) is 14.2 Å². The molecule has 0 saturated heterocycles. The molecular formula is C16H21NO6. The quantitative estimate of drug-likeness (QED) is 0.346. The van der Waals surface area contributed by atoms with Gasteiger partial charge in [-0.25, -0.2) is 4.79 Å². The Hall–Kier alpha value is -2.15. The SMILES string of the molecule is COc1ccc([N+](=O)[O-])cc1OC(=O)COC1CCCCC1C. The predicted octanol–water partition coefficient (Wildman–Crippen LogP) is 3.10. The highest BCUT2D eigenvalue weighted by atomic mass is 16.6. The third-order valence-electron chi connectivity index (χ3n) is 4.03. The van der Waals surface area contributed by atoms with E-state index in [1.54, 1.807) is 0 Å². The summed E-state index contributed by atoms with van der Waals surface area (Å²) < 4.78 is 15.8. The van der Waals surface area contributed by atoms with Gasteiger partial charge in [0.15, 0.2) is 11.5 Å². The first kappa shape index (κ1) is 17.2. The average Bonchev–Trinajstić information content (AvgIpc) is 2.54. The number of methoxy groups -OCH3 is 1. The summed E-state index contributed by atoms with van der Waals surface area (Å²) >= 11 is 0. The van der Waals surface area contributed by atoms with Crippen molar-refractivity contribution in [3.8, 4) is 11.5 Å². The molecule has 0 aromatic heterocycles. The number of carbonyl (C=O) groups is 1. The number of ether oxygens (including phenoxy) is 3. The molecule has 1 aromatic rings. The molecule has 23 heavy (non-hydrogen) atoms. The monoisotopic (exact) mass is 323 g/mol. The van der Waals surface area contributed by atoms with Crippen LogP contribution in [0.25, 0.3) is 0 Å². The van der Waals surface area contributed by atoms with Crippen molar-refractivity contribution < 1.29 is 23.9 Å². The second-order valence-electron chi connectivity index (χ2n) is 5.68. The summed E-state index contributed by atoms with van der Waals surface area (Å²) in [5, 5.41) is 10.8. The number of non-ortho nitro benzene ring substituents is 1. The maximum Gasteiger partial charge on any atom is 0.337 e. The van der Waals surface area contributed by atoms with Gasteiger partial charge in [-0.3, -0.25) is 10.1 Å². The third kappa shape index (κ3) is 4.66. The summed E-state index contributed by atoms with van der Waals surface area (Å²) in [4.78, 5) is 22.2. The number of nitrogens with zero attached hydrogens (tertiary/aromatic N) is 1. The Kier molecular flexibility index (Phi) is 5.92. The number of carbonyl (C=O) groups excluding carboxylic acids is 1. The standard InChI is InChI=1S/C16H21NO6/c1-11-5-3-4-6-13(11)22-10-16(18)23-15-9-12(17(19)20)7-8-14(15)21-2/h7-9,11,13H,3-6,10H2,1-2H3. The number of esters is 1. The normalized spacial score (nSPS) is 20.8. The molecule has 2 unspecified atom stereocenters. The van der Waals surface area contributed by atoms with Gasteiger partial charge in [0.2, 0.25) is 0 Å². The van der Waals surface area contributed by atoms with Crippen LogP contribution in [0.3, 0.4) is 0 Å². The van der Waals surface area contributed by atoms with Gasteiger partial charge >= 0.3 is 5.97 Å². The van der Waals surface area contributed by atoms with E-state index in [-0.39, 0.29) is 29.9 Å². The number of nitro groups is 1. The zero-order chi connectivity index (χ0) is 16.8. The fourth-order valence-corrected chi connectivity index (χ4v) is 2.72. The molecule has 0 bridgehead atoms. The van der Waals surface area contributed by atoms with Gasteiger partial charge in [0.1, 0.15) is 6.61 Å². The molecule has 7 nitrogen and oxygen atoms in total. The molecular weight excluding hydrogens is 302 g/mol. The minimum atomic E-state index is -0.596. The fourth-order valence-electron chi connectivity index (χ4n) is 2.72. The molecule has 2 atom stereocenters. The van der Waals surface area contributed by atoms with E-state index < -0.39 is 10.9 Å². The lowest BCUT2D eigenvalue weighted by atomic mass is 9.88. The van der Waals surface area contributed by atoms with Crippen molar-refractivity contribution >= 4 is 11.7 Å². The van der Waals surface area contributed by atoms with E-state index in [0.717, 1.165) is 19.3 Å². The van der Waals surface area contributed by atoms with E-state index in [1.165, 1.54) is 31.7 Å². The molecule has 1 saturated carbocycles. The molecule has 7 heteroatoms. The first-order valence-electron chi connectivity index (χ1n) is 7.66. The molecule has 1 aliphatic rings. The molecule has 126 valence electrons. The number of hydrogen-bond donors (Lipinski definition) is 0. The van der Waals surface area contributed by atoms with Crippen molar-refractivity contribution in [3.63, 3.8) is 0 Å². The molecule has 1 aliphatic carbocycles. The second-order valence-corrected chi connectivity index (χ2v) is 5.68. The van der Waals surface area contributed by atoms with Crippen LogP contribution < -0.4 is 9.47 Å². The molecule has 1 fully saturated rings. The van der Waals surface area contributed by atoms with Gasteiger partial charge in [0.05, 0.1) is 24.2 Å². The molecule has 0 amide bonds. The topological polar surface area (TPSA) is 87.9 Å². The third-order valence-corrected chi connectivity index (χ3v) is 4.03. The van der Waals surface area contributed by atoms with Gasteiger partial charge in [-0.05, 0) is 24.8 Å². The predicted molar refractivity (Wildman–Crippen MR) is 82.7 cm³/mol. The van der Waals surface area contributed by atoms with Gasteiger partial charge in [-0.2, -0.15) is 0 Å². The summed E-state index contributed by atoms with van der Waals surface area (Å²) in [5.74, 6) is 0.104. The Morgan fingerprint density at radius 2 is 2.04 bits per heavy atom. The summed E-state index contributed by atoms with van der Waals surface area (Å²) in [7, 11) is 1.40. The van der Waals surface area contributed by atoms with Crippen LogP contribution in [0.1, 0.15) is 32.6 Å². The van der Waals surface area contributed by atoms with Gasteiger partial charge < -0.3 is 14.2 Å². The Balaban J connectivity index is 1.96. The minimum absolute atomic E-state index is 0.0204. The molecule has 1 aromatic carbocycles. The lowest BCUT2D eigenvalue weighted by molar-refractivity contribution is -0.384. The van der Waals surface area contributed by atoms with Crippen LogP contribution in [0.4, 0.5) is 5.69 Å². The first-order chi connectivity index (χ1) is 11.0. The zero-order valence-electron chi connectivity index (χ0n) is 13.3. The average molecular weight is 323 g/mol. The maximum atomic E-state index is 11.9. The van der Waals surface area contributed by atoms with Crippen molar-refractivity contribution in [2.75, 3.05) is 13.7 Å². The van der Waals surface area contributed by atoms with Crippen LogP contribution in [0.5, 0.6) is 11.5 Å². The van der Waals surface area contributed by atoms with E-state index >= 15 is 0 Å². The highest BCUT2D eigenvalue weighted by molar-refractivity contribution is 5.74. The van der Waals surface area contributed by atoms with Crippen LogP contribution in [-0.4, -0.2) is 30.7 Å². The number of hydrogen-bond acceptors (Lipinski definition) is 6. The van der Waals surface area contributed by atoms with E-state index in [1.807, 2.05) is 0 Å². The van der Waals surface area contributed by atoms with Crippen molar-refractivity contribution in [1.82, 2.24) is 0 Å². The van der Waals surface area contributed by atoms with E-state index in [2.05, 4.69) is 6.92 Å². The number of nitro benzene ring substituents is 1. The van der Waals surface area contributed by atoms with Crippen LogP contribution in [0.15, 0.2) is 18.2 Å².